The smallest absolute Gasteiger partial charge is 0.270 e. The van der Waals surface area contributed by atoms with Crippen molar-refractivity contribution in [1.29, 1.82) is 0 Å². The van der Waals surface area contributed by atoms with Gasteiger partial charge >= 0.3 is 0 Å². The fourth-order valence-corrected chi connectivity index (χ4v) is 3.35. The number of aromatic nitrogens is 2. The van der Waals surface area contributed by atoms with Crippen LogP contribution in [0.4, 0.5) is 11.5 Å². The molecule has 27 heavy (non-hydrogen) atoms. The minimum Gasteiger partial charge on any atom is -0.370 e. The summed E-state index contributed by atoms with van der Waals surface area (Å²) in [6, 6.07) is 8.34. The fourth-order valence-electron chi connectivity index (χ4n) is 3.35. The third-order valence-corrected chi connectivity index (χ3v) is 5.00. The molecule has 1 fully saturated rings. The number of aryl methyl sites for hydroxylation is 1. The summed E-state index contributed by atoms with van der Waals surface area (Å²) >= 11 is 0. The van der Waals surface area contributed by atoms with E-state index in [-0.39, 0.29) is 5.69 Å². The van der Waals surface area contributed by atoms with Crippen molar-refractivity contribution in [2.75, 3.05) is 31.5 Å². The van der Waals surface area contributed by atoms with Crippen LogP contribution >= 0.6 is 0 Å². The maximum absolute atomic E-state index is 11.0. The number of non-ortho nitro benzene ring substituents is 1. The molecule has 0 aliphatic carbocycles. The molecule has 1 aromatic heterocycles. The Hall–Kier alpha value is -2.54. The van der Waals surface area contributed by atoms with Crippen LogP contribution in [0.2, 0.25) is 0 Å². The second kappa shape index (κ2) is 8.90. The highest BCUT2D eigenvalue weighted by Crippen LogP contribution is 2.22. The number of nitro benzene ring substituents is 1. The quantitative estimate of drug-likeness (QED) is 0.453. The molecule has 1 aliphatic rings. The zero-order chi connectivity index (χ0) is 19.2. The van der Waals surface area contributed by atoms with Gasteiger partial charge < -0.3 is 10.2 Å². The number of piperidine rings is 1. The van der Waals surface area contributed by atoms with Gasteiger partial charge in [-0.15, -0.1) is 0 Å². The van der Waals surface area contributed by atoms with E-state index in [0.717, 1.165) is 36.9 Å². The summed E-state index contributed by atoms with van der Waals surface area (Å²) in [6.07, 6.45) is 3.65. The summed E-state index contributed by atoms with van der Waals surface area (Å²) < 4.78 is 0. The van der Waals surface area contributed by atoms with Gasteiger partial charge in [-0.25, -0.2) is 9.97 Å². The zero-order valence-corrected chi connectivity index (χ0v) is 16.0. The number of nitrogens with one attached hydrogen (secondary N) is 1. The predicted octanol–water partition coefficient (Wildman–Crippen LogP) is 3.89. The Balaban J connectivity index is 1.59. The Morgan fingerprint density at radius 3 is 2.78 bits per heavy atom. The number of rotatable bonds is 7. The minimum atomic E-state index is -0.403. The van der Waals surface area contributed by atoms with Crippen LogP contribution < -0.4 is 5.32 Å². The van der Waals surface area contributed by atoms with Crippen molar-refractivity contribution in [2.24, 2.45) is 5.92 Å². The highest BCUT2D eigenvalue weighted by molar-refractivity contribution is 5.61. The molecule has 2 aromatic rings. The molecule has 0 radical (unpaired) electrons. The highest BCUT2D eigenvalue weighted by Gasteiger charge is 2.15. The summed E-state index contributed by atoms with van der Waals surface area (Å²) in [5.74, 6) is 2.12. The van der Waals surface area contributed by atoms with Gasteiger partial charge in [-0.1, -0.05) is 19.1 Å². The van der Waals surface area contributed by atoms with Gasteiger partial charge in [0.25, 0.3) is 5.69 Å². The van der Waals surface area contributed by atoms with E-state index < -0.39 is 4.92 Å². The van der Waals surface area contributed by atoms with Crippen molar-refractivity contribution in [3.63, 3.8) is 0 Å². The summed E-state index contributed by atoms with van der Waals surface area (Å²) in [7, 11) is 0. The van der Waals surface area contributed by atoms with E-state index in [9.17, 15) is 10.1 Å². The normalized spacial score (nSPS) is 15.6. The SMILES string of the molecule is Cc1cc(NCCCN2CCC(C)CC2)nc(-c2cccc([N+](=O)[O-])c2)n1. The number of benzene rings is 1. The summed E-state index contributed by atoms with van der Waals surface area (Å²) in [5.41, 5.74) is 1.53. The van der Waals surface area contributed by atoms with Crippen LogP contribution in [0.15, 0.2) is 30.3 Å². The number of hydrogen-bond donors (Lipinski definition) is 1. The van der Waals surface area contributed by atoms with Crippen LogP contribution in [-0.2, 0) is 0 Å². The average Bonchev–Trinajstić information content (AvgIpc) is 2.66. The first-order valence-electron chi connectivity index (χ1n) is 9.58. The number of nitrogens with zero attached hydrogens (tertiary/aromatic N) is 4. The van der Waals surface area contributed by atoms with E-state index in [0.29, 0.717) is 11.4 Å². The molecule has 1 N–H and O–H groups in total. The summed E-state index contributed by atoms with van der Waals surface area (Å²) in [6.45, 7) is 8.58. The molecular weight excluding hydrogens is 342 g/mol. The monoisotopic (exact) mass is 369 g/mol. The summed E-state index contributed by atoms with van der Waals surface area (Å²) in [4.78, 5) is 22.1. The van der Waals surface area contributed by atoms with E-state index in [1.807, 2.05) is 13.0 Å². The first kappa shape index (κ1) is 19.2. The Labute approximate surface area is 160 Å². The third-order valence-electron chi connectivity index (χ3n) is 5.00. The minimum absolute atomic E-state index is 0.0444. The van der Waals surface area contributed by atoms with Crippen LogP contribution in [0.1, 0.15) is 31.9 Å². The number of anilines is 1. The maximum Gasteiger partial charge on any atom is 0.270 e. The van der Waals surface area contributed by atoms with Gasteiger partial charge in [0.05, 0.1) is 4.92 Å². The lowest BCUT2D eigenvalue weighted by atomic mass is 9.99. The summed E-state index contributed by atoms with van der Waals surface area (Å²) in [5, 5.41) is 14.4. The van der Waals surface area contributed by atoms with Crippen molar-refractivity contribution in [2.45, 2.75) is 33.1 Å². The average molecular weight is 369 g/mol. The van der Waals surface area contributed by atoms with Gasteiger partial charge in [0.1, 0.15) is 5.82 Å². The molecule has 144 valence electrons. The molecule has 0 bridgehead atoms. The molecule has 1 aromatic carbocycles. The van der Waals surface area contributed by atoms with Gasteiger partial charge in [-0.2, -0.15) is 0 Å². The van der Waals surface area contributed by atoms with Crippen molar-refractivity contribution in [3.8, 4) is 11.4 Å². The van der Waals surface area contributed by atoms with E-state index in [1.54, 1.807) is 12.1 Å². The predicted molar refractivity (Wildman–Crippen MR) is 107 cm³/mol. The lowest BCUT2D eigenvalue weighted by Gasteiger charge is -2.30. The molecule has 2 heterocycles. The van der Waals surface area contributed by atoms with E-state index in [2.05, 4.69) is 27.1 Å². The van der Waals surface area contributed by atoms with Gasteiger partial charge in [0, 0.05) is 36.0 Å². The lowest BCUT2D eigenvalue weighted by Crippen LogP contribution is -2.34. The van der Waals surface area contributed by atoms with Gasteiger partial charge in [-0.05, 0) is 51.7 Å². The first-order chi connectivity index (χ1) is 13.0. The molecule has 0 amide bonds. The number of nitro groups is 1. The number of hydrogen-bond acceptors (Lipinski definition) is 6. The van der Waals surface area contributed by atoms with Gasteiger partial charge in [-0.3, -0.25) is 10.1 Å². The van der Waals surface area contributed by atoms with Crippen molar-refractivity contribution < 1.29 is 4.92 Å². The maximum atomic E-state index is 11.0. The largest absolute Gasteiger partial charge is 0.370 e. The van der Waals surface area contributed by atoms with Crippen LogP contribution in [0, 0.1) is 23.0 Å². The third kappa shape index (κ3) is 5.47. The molecule has 7 nitrogen and oxygen atoms in total. The molecule has 0 saturated carbocycles. The molecule has 0 unspecified atom stereocenters. The molecule has 0 spiro atoms. The molecule has 3 rings (SSSR count). The Morgan fingerprint density at radius 2 is 2.04 bits per heavy atom. The number of likely N-dealkylation sites (tertiary alicyclic amines) is 1. The fraction of sp³-hybridized carbons (Fsp3) is 0.500. The van der Waals surface area contributed by atoms with Crippen molar-refractivity contribution in [1.82, 2.24) is 14.9 Å². The van der Waals surface area contributed by atoms with E-state index in [4.69, 9.17) is 0 Å². The Bertz CT molecular complexity index is 788. The standard InChI is InChI=1S/C20H27N5O2/c1-15-7-11-24(12-8-15)10-4-9-21-19-13-16(2)22-20(23-19)17-5-3-6-18(14-17)25(26)27/h3,5-6,13-15H,4,7-12H2,1-2H3,(H,21,22,23). The molecule has 1 saturated heterocycles. The topological polar surface area (TPSA) is 84.2 Å². The zero-order valence-electron chi connectivity index (χ0n) is 16.0. The van der Waals surface area contributed by atoms with Gasteiger partial charge in [0.2, 0.25) is 0 Å². The van der Waals surface area contributed by atoms with Crippen molar-refractivity contribution in [3.05, 3.63) is 46.1 Å². The highest BCUT2D eigenvalue weighted by atomic mass is 16.6. The molecule has 7 heteroatoms. The van der Waals surface area contributed by atoms with E-state index >= 15 is 0 Å². The molecule has 1 aliphatic heterocycles. The van der Waals surface area contributed by atoms with Crippen molar-refractivity contribution >= 4 is 11.5 Å². The second-order valence-electron chi connectivity index (χ2n) is 7.33. The second-order valence-corrected chi connectivity index (χ2v) is 7.33. The van der Waals surface area contributed by atoms with E-state index in [1.165, 1.54) is 38.1 Å². The van der Waals surface area contributed by atoms with Gasteiger partial charge in [0.15, 0.2) is 5.82 Å². The Kier molecular flexibility index (Phi) is 6.34. The van der Waals surface area contributed by atoms with Crippen LogP contribution in [0.5, 0.6) is 0 Å². The lowest BCUT2D eigenvalue weighted by molar-refractivity contribution is -0.384. The van der Waals surface area contributed by atoms with Crippen LogP contribution in [0.3, 0.4) is 0 Å². The molecular formula is C20H27N5O2. The Morgan fingerprint density at radius 1 is 1.26 bits per heavy atom. The first-order valence-corrected chi connectivity index (χ1v) is 9.58. The van der Waals surface area contributed by atoms with Crippen LogP contribution in [0.25, 0.3) is 11.4 Å². The van der Waals surface area contributed by atoms with Crippen LogP contribution in [-0.4, -0.2) is 46.0 Å². The molecule has 0 atom stereocenters.